The average molecular weight is 589 g/mol. The molecule has 0 saturated carbocycles. The van der Waals surface area contributed by atoms with Crippen LogP contribution in [0.25, 0.3) is 6.08 Å². The van der Waals surface area contributed by atoms with Crippen LogP contribution >= 0.6 is 27.5 Å². The molecule has 0 spiro atoms. The van der Waals surface area contributed by atoms with Crippen molar-refractivity contribution in [3.63, 3.8) is 0 Å². The summed E-state index contributed by atoms with van der Waals surface area (Å²) in [6.07, 6.45) is 1.36. The minimum absolute atomic E-state index is 0.00981. The van der Waals surface area contributed by atoms with Gasteiger partial charge in [-0.1, -0.05) is 23.7 Å². The number of halogens is 2. The highest BCUT2D eigenvalue weighted by Gasteiger charge is 2.19. The van der Waals surface area contributed by atoms with Crippen LogP contribution in [0.1, 0.15) is 18.1 Å². The van der Waals surface area contributed by atoms with Crippen molar-refractivity contribution in [2.75, 3.05) is 10.6 Å². The molecule has 0 unspecified atom stereocenters. The van der Waals surface area contributed by atoms with Crippen LogP contribution in [-0.4, -0.2) is 20.2 Å². The monoisotopic (exact) mass is 587 g/mol. The minimum Gasteiger partial charge on any atom is -0.378 e. The van der Waals surface area contributed by atoms with Gasteiger partial charge in [0, 0.05) is 23.3 Å². The number of rotatable bonds is 7. The van der Waals surface area contributed by atoms with Crippen LogP contribution in [-0.2, 0) is 19.7 Å². The molecule has 184 valence electrons. The fourth-order valence-corrected chi connectivity index (χ4v) is 4.69. The van der Waals surface area contributed by atoms with E-state index in [0.717, 1.165) is 5.56 Å². The number of nitriles is 1. The number of benzene rings is 3. The number of carbonyl (C=O) groups excluding carboxylic acids is 2. The van der Waals surface area contributed by atoms with Gasteiger partial charge in [0.05, 0.1) is 4.47 Å². The normalized spacial score (nSPS) is 11.4. The molecule has 0 heterocycles. The molecule has 0 aliphatic heterocycles. The Hall–Kier alpha value is -3.65. The number of amides is 2. The maximum Gasteiger partial charge on any atom is 0.339 e. The van der Waals surface area contributed by atoms with E-state index < -0.39 is 16.0 Å². The van der Waals surface area contributed by atoms with Gasteiger partial charge in [-0.25, -0.2) is 0 Å². The molecule has 0 bridgehead atoms. The fourth-order valence-electron chi connectivity index (χ4n) is 2.98. The highest BCUT2D eigenvalue weighted by molar-refractivity contribution is 9.10. The summed E-state index contributed by atoms with van der Waals surface area (Å²) >= 11 is 9.25. The van der Waals surface area contributed by atoms with E-state index in [-0.39, 0.29) is 26.6 Å². The third-order valence-electron chi connectivity index (χ3n) is 4.74. The zero-order chi connectivity index (χ0) is 26.5. The van der Waals surface area contributed by atoms with Gasteiger partial charge in [0.1, 0.15) is 16.5 Å². The molecule has 0 radical (unpaired) electrons. The summed E-state index contributed by atoms with van der Waals surface area (Å²) in [4.78, 5) is 23.6. The first-order valence-corrected chi connectivity index (χ1v) is 12.9. The largest absolute Gasteiger partial charge is 0.378 e. The van der Waals surface area contributed by atoms with E-state index >= 15 is 0 Å². The fraction of sp³-hybridized carbons (Fsp3) is 0.0800. The predicted molar refractivity (Wildman–Crippen MR) is 141 cm³/mol. The number of carbonyl (C=O) groups is 2. The molecule has 2 N–H and O–H groups in total. The summed E-state index contributed by atoms with van der Waals surface area (Å²) in [5, 5.41) is 15.1. The highest BCUT2D eigenvalue weighted by atomic mass is 79.9. The summed E-state index contributed by atoms with van der Waals surface area (Å²) in [6.45, 7) is 3.14. The van der Waals surface area contributed by atoms with E-state index in [1.807, 2.05) is 6.07 Å². The number of nitrogens with zero attached hydrogens (tertiary/aromatic N) is 1. The minimum atomic E-state index is -4.16. The maximum absolute atomic E-state index is 12.7. The van der Waals surface area contributed by atoms with Crippen molar-refractivity contribution < 1.29 is 22.2 Å². The van der Waals surface area contributed by atoms with Gasteiger partial charge in [-0.15, -0.1) is 0 Å². The van der Waals surface area contributed by atoms with Gasteiger partial charge < -0.3 is 14.8 Å². The summed E-state index contributed by atoms with van der Waals surface area (Å²) in [7, 11) is -4.16. The van der Waals surface area contributed by atoms with E-state index in [2.05, 4.69) is 26.6 Å². The second-order valence-corrected chi connectivity index (χ2v) is 10.4. The number of aryl methyl sites for hydroxylation is 1. The molecule has 3 aromatic rings. The molecular formula is C25H19BrClN3O5S. The van der Waals surface area contributed by atoms with Gasteiger partial charge in [-0.3, -0.25) is 9.59 Å². The van der Waals surface area contributed by atoms with Gasteiger partial charge in [0.25, 0.3) is 5.91 Å². The standard InChI is InChI=1S/C25H19BrClN3O5S/c1-15-3-5-19(27)13-23(15)30-25(32)18(14-28)11-17-4-10-24(22(26)12-17)35-36(33,34)21-8-6-20(7-9-21)29-16(2)31/h3-13H,1-2H3,(H,29,31)(H,30,32)/b18-11+. The molecule has 0 aliphatic carbocycles. The van der Waals surface area contributed by atoms with Crippen LogP contribution < -0.4 is 14.8 Å². The van der Waals surface area contributed by atoms with Crippen molar-refractivity contribution >= 4 is 66.9 Å². The number of hydrogen-bond donors (Lipinski definition) is 2. The highest BCUT2D eigenvalue weighted by Crippen LogP contribution is 2.30. The molecule has 3 rings (SSSR count). The van der Waals surface area contributed by atoms with Crippen molar-refractivity contribution in [3.05, 3.63) is 86.9 Å². The Balaban J connectivity index is 1.78. The Morgan fingerprint density at radius 2 is 1.75 bits per heavy atom. The first-order valence-electron chi connectivity index (χ1n) is 10.3. The topological polar surface area (TPSA) is 125 Å². The van der Waals surface area contributed by atoms with Crippen LogP contribution in [0.5, 0.6) is 5.75 Å². The van der Waals surface area contributed by atoms with Gasteiger partial charge in [0.15, 0.2) is 5.75 Å². The Kier molecular flexibility index (Phi) is 8.53. The Labute approximate surface area is 221 Å². The number of hydrogen-bond acceptors (Lipinski definition) is 6. The van der Waals surface area contributed by atoms with Crippen LogP contribution in [0.3, 0.4) is 0 Å². The van der Waals surface area contributed by atoms with E-state index in [0.29, 0.717) is 22.0 Å². The van der Waals surface area contributed by atoms with Gasteiger partial charge in [-0.05, 0) is 88.6 Å². The van der Waals surface area contributed by atoms with Crippen molar-refractivity contribution in [2.45, 2.75) is 18.7 Å². The molecule has 0 fully saturated rings. The van der Waals surface area contributed by atoms with Crippen LogP contribution in [0.2, 0.25) is 5.02 Å². The zero-order valence-corrected chi connectivity index (χ0v) is 22.2. The van der Waals surface area contributed by atoms with Crippen molar-refractivity contribution in [1.82, 2.24) is 0 Å². The van der Waals surface area contributed by atoms with Gasteiger partial charge >= 0.3 is 10.1 Å². The Morgan fingerprint density at radius 3 is 2.36 bits per heavy atom. The SMILES string of the molecule is CC(=O)Nc1ccc(S(=O)(=O)Oc2ccc(/C=C(\C#N)C(=O)Nc3cc(Cl)ccc3C)cc2Br)cc1. The molecule has 36 heavy (non-hydrogen) atoms. The zero-order valence-electron chi connectivity index (χ0n) is 19.0. The molecule has 0 atom stereocenters. The van der Waals surface area contributed by atoms with Crippen molar-refractivity contribution in [1.29, 1.82) is 5.26 Å². The second kappa shape index (κ2) is 11.4. The first-order chi connectivity index (χ1) is 17.0. The summed E-state index contributed by atoms with van der Waals surface area (Å²) in [6, 6.07) is 16.8. The van der Waals surface area contributed by atoms with E-state index in [1.165, 1.54) is 55.5 Å². The molecule has 2 amide bonds. The molecule has 8 nitrogen and oxygen atoms in total. The van der Waals surface area contributed by atoms with E-state index in [1.54, 1.807) is 25.1 Å². The van der Waals surface area contributed by atoms with Crippen LogP contribution in [0.4, 0.5) is 11.4 Å². The van der Waals surface area contributed by atoms with E-state index in [9.17, 15) is 23.3 Å². The molecule has 3 aromatic carbocycles. The van der Waals surface area contributed by atoms with Crippen LogP contribution in [0, 0.1) is 18.3 Å². The summed E-state index contributed by atoms with van der Waals surface area (Å²) in [5.74, 6) is -0.892. The third-order valence-corrected chi connectivity index (χ3v) is 6.85. The molecule has 11 heteroatoms. The van der Waals surface area contributed by atoms with Gasteiger partial charge in [-0.2, -0.15) is 13.7 Å². The quantitative estimate of drug-likeness (QED) is 0.208. The van der Waals surface area contributed by atoms with Crippen LogP contribution in [0.15, 0.2) is 75.6 Å². The van der Waals surface area contributed by atoms with Crippen molar-refractivity contribution in [3.8, 4) is 11.8 Å². The second-order valence-electron chi connectivity index (χ2n) is 7.52. The summed E-state index contributed by atoms with van der Waals surface area (Å²) in [5.41, 5.74) is 2.00. The number of anilines is 2. The predicted octanol–water partition coefficient (Wildman–Crippen LogP) is 5.68. The van der Waals surface area contributed by atoms with E-state index in [4.69, 9.17) is 15.8 Å². The molecule has 0 aliphatic rings. The lowest BCUT2D eigenvalue weighted by molar-refractivity contribution is -0.114. The van der Waals surface area contributed by atoms with Gasteiger partial charge in [0.2, 0.25) is 5.91 Å². The lowest BCUT2D eigenvalue weighted by Crippen LogP contribution is -2.14. The molecule has 0 saturated heterocycles. The molecular weight excluding hydrogens is 570 g/mol. The Bertz CT molecular complexity index is 1510. The smallest absolute Gasteiger partial charge is 0.339 e. The Morgan fingerprint density at radius 1 is 1.06 bits per heavy atom. The lowest BCUT2D eigenvalue weighted by Gasteiger charge is -2.10. The maximum atomic E-state index is 12.7. The average Bonchev–Trinajstić information content (AvgIpc) is 2.81. The first kappa shape index (κ1) is 26.9. The lowest BCUT2D eigenvalue weighted by atomic mass is 10.1. The van der Waals surface area contributed by atoms with Crippen molar-refractivity contribution in [2.24, 2.45) is 0 Å². The summed E-state index contributed by atoms with van der Waals surface area (Å²) < 4.78 is 30.9. The molecule has 0 aromatic heterocycles. The number of nitrogens with one attached hydrogen (secondary N) is 2. The third kappa shape index (κ3) is 6.95.